The fourth-order valence-electron chi connectivity index (χ4n) is 3.64. The van der Waals surface area contributed by atoms with Gasteiger partial charge in [0, 0.05) is 25.2 Å². The van der Waals surface area contributed by atoms with Crippen LogP contribution in [0.3, 0.4) is 0 Å². The number of thiazole rings is 1. The van der Waals surface area contributed by atoms with Gasteiger partial charge in [-0.25, -0.2) is 4.98 Å². The molecule has 2 unspecified atom stereocenters. The first-order valence-corrected chi connectivity index (χ1v) is 10.0. The first kappa shape index (κ1) is 17.5. The van der Waals surface area contributed by atoms with E-state index in [1.807, 2.05) is 12.1 Å². The number of anilines is 1. The largest absolute Gasteiger partial charge is 0.466 e. The van der Waals surface area contributed by atoms with Crippen molar-refractivity contribution >= 4 is 28.2 Å². The van der Waals surface area contributed by atoms with Gasteiger partial charge in [0.25, 0.3) is 0 Å². The lowest BCUT2D eigenvalue weighted by Crippen LogP contribution is -2.26. The summed E-state index contributed by atoms with van der Waals surface area (Å²) in [5, 5.41) is 3.37. The van der Waals surface area contributed by atoms with Gasteiger partial charge >= 0.3 is 0 Å². The molecule has 2 aromatic rings. The first-order chi connectivity index (χ1) is 12.3. The first-order valence-electron chi connectivity index (χ1n) is 9.22. The number of ketones is 1. The fourth-order valence-corrected chi connectivity index (χ4v) is 4.57. The summed E-state index contributed by atoms with van der Waals surface area (Å²) >= 11 is 1.29. The molecule has 138 valence electrons. The molecule has 1 saturated carbocycles. The van der Waals surface area contributed by atoms with E-state index in [0.717, 1.165) is 23.6 Å². The van der Waals surface area contributed by atoms with Gasteiger partial charge in [0.15, 0.2) is 10.9 Å². The Labute approximate surface area is 157 Å². The number of Topliss-reactive ketones (excluding diaryl/α,β-unsaturated/α-hetero) is 1. The number of furan rings is 1. The van der Waals surface area contributed by atoms with Crippen molar-refractivity contribution in [3.63, 3.8) is 0 Å². The normalized spacial score (nSPS) is 23.6. The zero-order valence-electron chi connectivity index (χ0n) is 15.4. The van der Waals surface area contributed by atoms with Gasteiger partial charge in [0.05, 0.1) is 10.6 Å². The molecule has 26 heavy (non-hydrogen) atoms. The van der Waals surface area contributed by atoms with Crippen LogP contribution in [-0.2, 0) is 17.6 Å². The second-order valence-corrected chi connectivity index (χ2v) is 9.41. The van der Waals surface area contributed by atoms with Crippen molar-refractivity contribution in [3.8, 4) is 0 Å². The number of nitrogens with one attached hydrogen (secondary N) is 1. The van der Waals surface area contributed by atoms with Crippen molar-refractivity contribution in [1.29, 1.82) is 0 Å². The maximum Gasteiger partial charge on any atom is 0.226 e. The molecule has 0 spiro atoms. The summed E-state index contributed by atoms with van der Waals surface area (Å²) in [6.45, 7) is 6.37. The molecule has 2 aliphatic rings. The molecule has 0 aromatic carbocycles. The van der Waals surface area contributed by atoms with Crippen LogP contribution in [0, 0.1) is 11.3 Å². The molecule has 5 nitrogen and oxygen atoms in total. The molecule has 2 aliphatic carbocycles. The lowest BCUT2D eigenvalue weighted by Gasteiger charge is -2.26. The van der Waals surface area contributed by atoms with Gasteiger partial charge in [-0.2, -0.15) is 0 Å². The van der Waals surface area contributed by atoms with E-state index in [2.05, 4.69) is 31.1 Å². The number of hydrogen-bond donors (Lipinski definition) is 1. The molecule has 0 aliphatic heterocycles. The molecule has 2 aromatic heterocycles. The molecule has 0 radical (unpaired) electrons. The van der Waals surface area contributed by atoms with E-state index in [0.29, 0.717) is 41.1 Å². The average molecular weight is 372 g/mol. The molecule has 2 atom stereocenters. The average Bonchev–Trinajstić information content (AvgIpc) is 2.96. The minimum Gasteiger partial charge on any atom is -0.466 e. The van der Waals surface area contributed by atoms with Gasteiger partial charge in [0.1, 0.15) is 11.5 Å². The van der Waals surface area contributed by atoms with E-state index in [-0.39, 0.29) is 17.1 Å². The van der Waals surface area contributed by atoms with Crippen molar-refractivity contribution < 1.29 is 14.0 Å². The SMILES string of the molecule is CC1CC1c1ccc(CCC(=O)Nc2nc3c(s2)C(=O)CC(C)(C)C3)o1. The lowest BCUT2D eigenvalue weighted by molar-refractivity contribution is -0.116. The highest BCUT2D eigenvalue weighted by atomic mass is 32.1. The van der Waals surface area contributed by atoms with E-state index in [9.17, 15) is 9.59 Å². The summed E-state index contributed by atoms with van der Waals surface area (Å²) in [6, 6.07) is 4.00. The molecule has 1 fully saturated rings. The number of aromatic nitrogens is 1. The van der Waals surface area contributed by atoms with Crippen LogP contribution >= 0.6 is 11.3 Å². The zero-order valence-corrected chi connectivity index (χ0v) is 16.2. The van der Waals surface area contributed by atoms with Crippen molar-refractivity contribution in [2.45, 2.75) is 58.8 Å². The van der Waals surface area contributed by atoms with Gasteiger partial charge in [0.2, 0.25) is 5.91 Å². The quantitative estimate of drug-likeness (QED) is 0.833. The van der Waals surface area contributed by atoms with Gasteiger partial charge in [-0.1, -0.05) is 32.1 Å². The Hall–Kier alpha value is -1.95. The third-order valence-corrected chi connectivity index (χ3v) is 6.29. The van der Waals surface area contributed by atoms with E-state index in [1.54, 1.807) is 0 Å². The fraction of sp³-hybridized carbons (Fsp3) is 0.550. The highest BCUT2D eigenvalue weighted by Crippen LogP contribution is 2.47. The van der Waals surface area contributed by atoms with Crippen molar-refractivity contribution in [1.82, 2.24) is 4.98 Å². The van der Waals surface area contributed by atoms with Crippen LogP contribution in [0.2, 0.25) is 0 Å². The Bertz CT molecular complexity index is 864. The van der Waals surface area contributed by atoms with Crippen LogP contribution in [-0.4, -0.2) is 16.7 Å². The predicted octanol–water partition coefficient (Wildman–Crippen LogP) is 4.59. The van der Waals surface area contributed by atoms with Crippen LogP contribution in [0.1, 0.15) is 72.8 Å². The topological polar surface area (TPSA) is 72.2 Å². The maximum atomic E-state index is 12.2. The summed E-state index contributed by atoms with van der Waals surface area (Å²) in [5.41, 5.74) is 0.760. The van der Waals surface area contributed by atoms with E-state index >= 15 is 0 Å². The summed E-state index contributed by atoms with van der Waals surface area (Å²) < 4.78 is 5.84. The standard InChI is InChI=1S/C20H24N2O3S/c1-11-8-13(11)16-6-4-12(25-16)5-7-17(24)22-19-21-14-9-20(2,3)10-15(23)18(14)26-19/h4,6,11,13H,5,7-10H2,1-3H3,(H,21,22,24). The molecule has 1 N–H and O–H groups in total. The van der Waals surface area contributed by atoms with Gasteiger partial charge in [-0.3, -0.25) is 9.59 Å². The highest BCUT2D eigenvalue weighted by molar-refractivity contribution is 7.17. The second-order valence-electron chi connectivity index (χ2n) is 8.41. The van der Waals surface area contributed by atoms with Crippen LogP contribution in [0.25, 0.3) is 0 Å². The van der Waals surface area contributed by atoms with E-state index in [1.165, 1.54) is 17.8 Å². The Balaban J connectivity index is 1.34. The minimum atomic E-state index is -0.0967. The monoisotopic (exact) mass is 372 g/mol. The highest BCUT2D eigenvalue weighted by Gasteiger charge is 2.36. The van der Waals surface area contributed by atoms with Crippen LogP contribution < -0.4 is 5.32 Å². The Morgan fingerprint density at radius 2 is 2.15 bits per heavy atom. The molecule has 1 amide bonds. The van der Waals surface area contributed by atoms with Crippen LogP contribution in [0.4, 0.5) is 5.13 Å². The van der Waals surface area contributed by atoms with Gasteiger partial charge in [-0.05, 0) is 36.3 Å². The molecule has 2 heterocycles. The van der Waals surface area contributed by atoms with Gasteiger partial charge in [-0.15, -0.1) is 0 Å². The van der Waals surface area contributed by atoms with Crippen molar-refractivity contribution in [2.75, 3.05) is 5.32 Å². The predicted molar refractivity (Wildman–Crippen MR) is 101 cm³/mol. The maximum absolute atomic E-state index is 12.2. The summed E-state index contributed by atoms with van der Waals surface area (Å²) in [5.74, 6) is 3.19. The third kappa shape index (κ3) is 3.61. The number of amides is 1. The Kier molecular flexibility index (Phi) is 4.26. The molecule has 0 bridgehead atoms. The number of fused-ring (bicyclic) bond motifs is 1. The van der Waals surface area contributed by atoms with Crippen molar-refractivity contribution in [3.05, 3.63) is 34.2 Å². The lowest BCUT2D eigenvalue weighted by atomic mass is 9.78. The van der Waals surface area contributed by atoms with Crippen LogP contribution in [0.15, 0.2) is 16.5 Å². The number of carbonyl (C=O) groups is 2. The number of carbonyl (C=O) groups excluding carboxylic acids is 2. The second kappa shape index (κ2) is 6.34. The van der Waals surface area contributed by atoms with Crippen molar-refractivity contribution in [2.24, 2.45) is 11.3 Å². The number of hydrogen-bond acceptors (Lipinski definition) is 5. The third-order valence-electron chi connectivity index (χ3n) is 5.24. The van der Waals surface area contributed by atoms with E-state index in [4.69, 9.17) is 4.42 Å². The Morgan fingerprint density at radius 1 is 1.38 bits per heavy atom. The smallest absolute Gasteiger partial charge is 0.226 e. The van der Waals surface area contributed by atoms with Crippen LogP contribution in [0.5, 0.6) is 0 Å². The molecule has 4 rings (SSSR count). The zero-order chi connectivity index (χ0) is 18.5. The minimum absolute atomic E-state index is 0.0600. The Morgan fingerprint density at radius 3 is 2.88 bits per heavy atom. The summed E-state index contributed by atoms with van der Waals surface area (Å²) in [7, 11) is 0. The van der Waals surface area contributed by atoms with Gasteiger partial charge < -0.3 is 9.73 Å². The summed E-state index contributed by atoms with van der Waals surface area (Å²) in [4.78, 5) is 29.7. The van der Waals surface area contributed by atoms with E-state index < -0.39 is 0 Å². The molecule has 6 heteroatoms. The summed E-state index contributed by atoms with van der Waals surface area (Å²) in [6.07, 6.45) is 3.42. The molecular weight excluding hydrogens is 348 g/mol. The molecule has 0 saturated heterocycles. The number of rotatable bonds is 5. The number of aryl methyl sites for hydroxylation is 1. The number of nitrogens with zero attached hydrogens (tertiary/aromatic N) is 1. The molecular formula is C20H24N2O3S.